The third-order valence-electron chi connectivity index (χ3n) is 3.92. The molecule has 19 heavy (non-hydrogen) atoms. The Morgan fingerprint density at radius 2 is 2.16 bits per heavy atom. The molecule has 104 valence electrons. The highest BCUT2D eigenvalue weighted by molar-refractivity contribution is 5.81. The number of rotatable bonds is 4. The summed E-state index contributed by atoms with van der Waals surface area (Å²) in [5.74, 6) is -0.524. The number of hydrogen-bond acceptors (Lipinski definition) is 3. The van der Waals surface area contributed by atoms with E-state index in [4.69, 9.17) is 11.5 Å². The predicted molar refractivity (Wildman–Crippen MR) is 71.5 cm³/mol. The molecule has 1 saturated heterocycles. The zero-order chi connectivity index (χ0) is 14.0. The van der Waals surface area contributed by atoms with Gasteiger partial charge in [0, 0.05) is 30.8 Å². The lowest BCUT2D eigenvalue weighted by atomic mass is 9.89. The fourth-order valence-electron chi connectivity index (χ4n) is 2.55. The maximum atomic E-state index is 14.1. The van der Waals surface area contributed by atoms with E-state index in [0.29, 0.717) is 24.2 Å². The number of benzene rings is 1. The number of nitrogens with zero attached hydrogens (tertiary/aromatic N) is 1. The van der Waals surface area contributed by atoms with Crippen molar-refractivity contribution < 1.29 is 9.18 Å². The molecule has 1 aromatic carbocycles. The van der Waals surface area contributed by atoms with E-state index in [9.17, 15) is 9.18 Å². The molecule has 0 bridgehead atoms. The molecule has 0 saturated carbocycles. The highest BCUT2D eigenvalue weighted by atomic mass is 19.1. The van der Waals surface area contributed by atoms with Crippen LogP contribution in [0.25, 0.3) is 0 Å². The molecular weight excluding hydrogens is 245 g/mol. The SMILES string of the molecule is CC1(C(N)=O)CCN(Cc2cccc(CN)c2F)C1. The lowest BCUT2D eigenvalue weighted by Gasteiger charge is -2.21. The van der Waals surface area contributed by atoms with Crippen molar-refractivity contribution in [1.29, 1.82) is 0 Å². The van der Waals surface area contributed by atoms with Crippen molar-refractivity contribution in [2.45, 2.75) is 26.4 Å². The minimum atomic E-state index is -0.498. The highest BCUT2D eigenvalue weighted by Gasteiger charge is 2.38. The van der Waals surface area contributed by atoms with E-state index in [0.717, 1.165) is 13.0 Å². The monoisotopic (exact) mass is 265 g/mol. The molecule has 1 fully saturated rings. The Morgan fingerprint density at radius 1 is 1.47 bits per heavy atom. The van der Waals surface area contributed by atoms with Crippen LogP contribution in [0.15, 0.2) is 18.2 Å². The summed E-state index contributed by atoms with van der Waals surface area (Å²) < 4.78 is 14.1. The number of primary amides is 1. The van der Waals surface area contributed by atoms with Crippen LogP contribution in [0.1, 0.15) is 24.5 Å². The largest absolute Gasteiger partial charge is 0.369 e. The number of nitrogens with two attached hydrogens (primary N) is 2. The number of hydrogen-bond donors (Lipinski definition) is 2. The molecule has 4 nitrogen and oxygen atoms in total. The third kappa shape index (κ3) is 2.77. The first-order valence-corrected chi connectivity index (χ1v) is 6.45. The summed E-state index contributed by atoms with van der Waals surface area (Å²) >= 11 is 0. The van der Waals surface area contributed by atoms with E-state index < -0.39 is 5.41 Å². The van der Waals surface area contributed by atoms with Gasteiger partial charge in [-0.05, 0) is 19.9 Å². The van der Waals surface area contributed by atoms with Crippen LogP contribution in [0.4, 0.5) is 4.39 Å². The number of carbonyl (C=O) groups is 1. The van der Waals surface area contributed by atoms with Gasteiger partial charge in [-0.15, -0.1) is 0 Å². The van der Waals surface area contributed by atoms with Gasteiger partial charge in [0.25, 0.3) is 0 Å². The zero-order valence-corrected chi connectivity index (χ0v) is 11.2. The van der Waals surface area contributed by atoms with Crippen molar-refractivity contribution in [3.05, 3.63) is 35.1 Å². The van der Waals surface area contributed by atoms with Crippen LogP contribution in [-0.2, 0) is 17.9 Å². The summed E-state index contributed by atoms with van der Waals surface area (Å²) in [6.45, 7) is 3.88. The third-order valence-corrected chi connectivity index (χ3v) is 3.92. The summed E-state index contributed by atoms with van der Waals surface area (Å²) in [5.41, 5.74) is 11.5. The average molecular weight is 265 g/mol. The Kier molecular flexibility index (Phi) is 3.87. The second-order valence-corrected chi connectivity index (χ2v) is 5.48. The Labute approximate surface area is 112 Å². The number of amides is 1. The number of halogens is 1. The molecule has 1 aliphatic rings. The molecular formula is C14H20FN3O. The molecule has 4 N–H and O–H groups in total. The smallest absolute Gasteiger partial charge is 0.224 e. The van der Waals surface area contributed by atoms with Crippen LogP contribution < -0.4 is 11.5 Å². The molecule has 1 aliphatic heterocycles. The molecule has 1 heterocycles. The molecule has 0 spiro atoms. The topological polar surface area (TPSA) is 72.4 Å². The van der Waals surface area contributed by atoms with Gasteiger partial charge in [-0.1, -0.05) is 18.2 Å². The highest BCUT2D eigenvalue weighted by Crippen LogP contribution is 2.30. The molecule has 1 unspecified atom stereocenters. The Morgan fingerprint density at radius 3 is 2.74 bits per heavy atom. The van der Waals surface area contributed by atoms with Gasteiger partial charge >= 0.3 is 0 Å². The summed E-state index contributed by atoms with van der Waals surface area (Å²) in [6.07, 6.45) is 0.723. The van der Waals surface area contributed by atoms with Crippen LogP contribution in [0, 0.1) is 11.2 Å². The van der Waals surface area contributed by atoms with E-state index in [1.165, 1.54) is 0 Å². The van der Waals surface area contributed by atoms with Crippen molar-refractivity contribution in [2.24, 2.45) is 16.9 Å². The van der Waals surface area contributed by atoms with Crippen molar-refractivity contribution in [3.8, 4) is 0 Å². The summed E-state index contributed by atoms with van der Waals surface area (Å²) in [4.78, 5) is 13.5. The van der Waals surface area contributed by atoms with Crippen LogP contribution in [0.5, 0.6) is 0 Å². The van der Waals surface area contributed by atoms with Crippen LogP contribution in [-0.4, -0.2) is 23.9 Å². The molecule has 5 heteroatoms. The molecule has 0 aromatic heterocycles. The van der Waals surface area contributed by atoms with Crippen LogP contribution in [0.3, 0.4) is 0 Å². The zero-order valence-electron chi connectivity index (χ0n) is 11.2. The minimum absolute atomic E-state index is 0.193. The first-order chi connectivity index (χ1) is 8.96. The standard InChI is InChI=1S/C14H20FN3O/c1-14(13(17)19)5-6-18(9-14)8-11-4-2-3-10(7-16)12(11)15/h2-4H,5-9,16H2,1H3,(H2,17,19). The van der Waals surface area contributed by atoms with Gasteiger partial charge in [0.1, 0.15) is 5.82 Å². The van der Waals surface area contributed by atoms with E-state index in [1.54, 1.807) is 12.1 Å². The summed E-state index contributed by atoms with van der Waals surface area (Å²) in [5, 5.41) is 0. The van der Waals surface area contributed by atoms with Crippen LogP contribution in [0.2, 0.25) is 0 Å². The fraction of sp³-hybridized carbons (Fsp3) is 0.500. The van der Waals surface area contributed by atoms with Gasteiger partial charge in [-0.25, -0.2) is 4.39 Å². The predicted octanol–water partition coefficient (Wildman–Crippen LogP) is 0.982. The first kappa shape index (κ1) is 14.0. The van der Waals surface area contributed by atoms with Crippen molar-refractivity contribution >= 4 is 5.91 Å². The maximum absolute atomic E-state index is 14.1. The molecule has 1 amide bonds. The molecule has 1 aromatic rings. The maximum Gasteiger partial charge on any atom is 0.224 e. The average Bonchev–Trinajstić information content (AvgIpc) is 2.75. The lowest BCUT2D eigenvalue weighted by molar-refractivity contribution is -0.126. The van der Waals surface area contributed by atoms with Gasteiger partial charge < -0.3 is 11.5 Å². The lowest BCUT2D eigenvalue weighted by Crippen LogP contribution is -2.37. The number of likely N-dealkylation sites (tertiary alicyclic amines) is 1. The molecule has 0 aliphatic carbocycles. The van der Waals surface area contributed by atoms with Gasteiger partial charge in [0.15, 0.2) is 0 Å². The van der Waals surface area contributed by atoms with E-state index in [1.807, 2.05) is 13.0 Å². The van der Waals surface area contributed by atoms with Gasteiger partial charge in [0.2, 0.25) is 5.91 Å². The first-order valence-electron chi connectivity index (χ1n) is 6.45. The van der Waals surface area contributed by atoms with Gasteiger partial charge in [0.05, 0.1) is 5.41 Å². The second kappa shape index (κ2) is 5.27. The van der Waals surface area contributed by atoms with E-state index in [-0.39, 0.29) is 18.3 Å². The second-order valence-electron chi connectivity index (χ2n) is 5.48. The van der Waals surface area contributed by atoms with E-state index >= 15 is 0 Å². The quantitative estimate of drug-likeness (QED) is 0.852. The Balaban J connectivity index is 2.10. The molecule has 2 rings (SSSR count). The summed E-state index contributed by atoms with van der Waals surface area (Å²) in [6, 6.07) is 5.26. The van der Waals surface area contributed by atoms with Crippen molar-refractivity contribution in [1.82, 2.24) is 4.90 Å². The minimum Gasteiger partial charge on any atom is -0.369 e. The summed E-state index contributed by atoms with van der Waals surface area (Å²) in [7, 11) is 0. The Bertz CT molecular complexity index is 492. The van der Waals surface area contributed by atoms with Gasteiger partial charge in [-0.3, -0.25) is 9.69 Å². The Hall–Kier alpha value is -1.46. The molecule has 0 radical (unpaired) electrons. The van der Waals surface area contributed by atoms with Crippen molar-refractivity contribution in [3.63, 3.8) is 0 Å². The number of carbonyl (C=O) groups excluding carboxylic acids is 1. The van der Waals surface area contributed by atoms with Gasteiger partial charge in [-0.2, -0.15) is 0 Å². The van der Waals surface area contributed by atoms with Crippen molar-refractivity contribution in [2.75, 3.05) is 13.1 Å². The molecule has 1 atom stereocenters. The van der Waals surface area contributed by atoms with Crippen LogP contribution >= 0.6 is 0 Å². The van der Waals surface area contributed by atoms with E-state index in [2.05, 4.69) is 4.90 Å². The fourth-order valence-corrected chi connectivity index (χ4v) is 2.55. The normalized spacial score (nSPS) is 23.7.